The third-order valence-electron chi connectivity index (χ3n) is 5.81. The summed E-state index contributed by atoms with van der Waals surface area (Å²) < 4.78 is 40.3. The minimum Gasteiger partial charge on any atom is -0.385 e. The van der Waals surface area contributed by atoms with E-state index in [1.165, 1.54) is 12.3 Å². The van der Waals surface area contributed by atoms with Crippen LogP contribution < -0.4 is 16.4 Å². The number of primary amides is 1. The number of halogens is 3. The summed E-state index contributed by atoms with van der Waals surface area (Å²) in [5.41, 5.74) is 10.2. The lowest BCUT2D eigenvalue weighted by Gasteiger charge is -2.31. The Kier molecular flexibility index (Phi) is 5.38. The Hall–Kier alpha value is -2.72. The van der Waals surface area contributed by atoms with Crippen LogP contribution in [-0.4, -0.2) is 40.1 Å². The number of benzene rings is 1. The van der Waals surface area contributed by atoms with Crippen molar-refractivity contribution in [3.8, 4) is 0 Å². The van der Waals surface area contributed by atoms with E-state index in [9.17, 15) is 23.1 Å². The number of carbonyl (C=O) groups excluding carboxylic acids is 1. The molecule has 0 bridgehead atoms. The average molecular weight is 435 g/mol. The minimum absolute atomic E-state index is 0.0260. The van der Waals surface area contributed by atoms with Crippen molar-refractivity contribution in [1.29, 1.82) is 0 Å². The molecule has 1 aromatic carbocycles. The van der Waals surface area contributed by atoms with Crippen molar-refractivity contribution in [2.24, 2.45) is 11.5 Å². The van der Waals surface area contributed by atoms with Crippen molar-refractivity contribution in [3.63, 3.8) is 0 Å². The van der Waals surface area contributed by atoms with E-state index in [-0.39, 0.29) is 34.8 Å². The molecule has 1 aliphatic carbocycles. The molecule has 1 amide bonds. The van der Waals surface area contributed by atoms with Gasteiger partial charge in [0.2, 0.25) is 5.95 Å². The zero-order valence-electron chi connectivity index (χ0n) is 16.8. The van der Waals surface area contributed by atoms with Crippen molar-refractivity contribution >= 4 is 11.9 Å². The highest BCUT2D eigenvalue weighted by atomic mass is 19.4. The largest absolute Gasteiger partial charge is 0.416 e. The minimum atomic E-state index is -4.57. The Morgan fingerprint density at radius 2 is 2.03 bits per heavy atom. The van der Waals surface area contributed by atoms with Crippen LogP contribution in [0.15, 0.2) is 24.4 Å². The van der Waals surface area contributed by atoms with Gasteiger partial charge in [-0.3, -0.25) is 4.79 Å². The first-order valence-corrected chi connectivity index (χ1v) is 10.2. The number of aliphatic hydroxyl groups is 1. The zero-order chi connectivity index (χ0) is 22.4. The molecular weight excluding hydrogens is 411 g/mol. The van der Waals surface area contributed by atoms with E-state index in [0.717, 1.165) is 25.0 Å². The maximum absolute atomic E-state index is 13.4. The number of piperidine rings is 1. The molecule has 5 N–H and O–H groups in total. The molecular formula is C21H24F3N5O2. The molecule has 1 saturated heterocycles. The fourth-order valence-electron chi connectivity index (χ4n) is 3.92. The smallest absolute Gasteiger partial charge is 0.385 e. The van der Waals surface area contributed by atoms with Gasteiger partial charge < -0.3 is 21.5 Å². The Bertz CT molecular complexity index is 983. The third kappa shape index (κ3) is 4.64. The summed E-state index contributed by atoms with van der Waals surface area (Å²) in [6.45, 7) is 1.25. The van der Waals surface area contributed by atoms with E-state index in [1.807, 2.05) is 4.90 Å². The molecule has 166 valence electrons. The van der Waals surface area contributed by atoms with E-state index in [1.54, 1.807) is 0 Å². The van der Waals surface area contributed by atoms with E-state index < -0.39 is 23.2 Å². The summed E-state index contributed by atoms with van der Waals surface area (Å²) in [6, 6.07) is 3.50. The van der Waals surface area contributed by atoms with Gasteiger partial charge in [-0.1, -0.05) is 6.07 Å². The molecule has 0 spiro atoms. The van der Waals surface area contributed by atoms with Gasteiger partial charge >= 0.3 is 6.18 Å². The maximum atomic E-state index is 13.4. The highest BCUT2D eigenvalue weighted by Gasteiger charge is 2.44. The Labute approximate surface area is 177 Å². The molecule has 1 aliphatic heterocycles. The van der Waals surface area contributed by atoms with Crippen molar-refractivity contribution < 1.29 is 23.1 Å². The number of rotatable bonds is 5. The summed E-state index contributed by atoms with van der Waals surface area (Å²) in [7, 11) is 0. The van der Waals surface area contributed by atoms with Crippen LogP contribution >= 0.6 is 0 Å². The number of amides is 1. The van der Waals surface area contributed by atoms with Crippen molar-refractivity contribution in [1.82, 2.24) is 9.97 Å². The van der Waals surface area contributed by atoms with Gasteiger partial charge in [-0.15, -0.1) is 0 Å². The van der Waals surface area contributed by atoms with Gasteiger partial charge in [0.25, 0.3) is 5.91 Å². The average Bonchev–Trinajstić information content (AvgIpc) is 3.45. The van der Waals surface area contributed by atoms with E-state index in [2.05, 4.69) is 9.97 Å². The number of nitrogens with two attached hydrogens (primary N) is 2. The summed E-state index contributed by atoms with van der Waals surface area (Å²) in [5, 5.41) is 10.4. The number of hydrogen-bond donors (Lipinski definition) is 3. The predicted molar refractivity (Wildman–Crippen MR) is 107 cm³/mol. The van der Waals surface area contributed by atoms with Crippen LogP contribution in [0.25, 0.3) is 0 Å². The van der Waals surface area contributed by atoms with Crippen LogP contribution in [0.3, 0.4) is 0 Å². The molecule has 2 heterocycles. The number of nitrogens with zero attached hydrogens (tertiary/aromatic N) is 3. The first-order valence-electron chi connectivity index (χ1n) is 10.2. The molecule has 0 unspecified atom stereocenters. The third-order valence-corrected chi connectivity index (χ3v) is 5.81. The van der Waals surface area contributed by atoms with Crippen LogP contribution in [0.4, 0.5) is 19.1 Å². The highest BCUT2D eigenvalue weighted by molar-refractivity contribution is 5.93. The lowest BCUT2D eigenvalue weighted by Crippen LogP contribution is -2.43. The second-order valence-corrected chi connectivity index (χ2v) is 8.37. The summed E-state index contributed by atoms with van der Waals surface area (Å²) in [6.07, 6.45) is -0.737. The van der Waals surface area contributed by atoms with Gasteiger partial charge in [-0.05, 0) is 48.9 Å². The van der Waals surface area contributed by atoms with Gasteiger partial charge in [-0.25, -0.2) is 9.97 Å². The SMILES string of the molecule is NC(=O)c1cnc(N2CCC[C@@H](N)C2)nc1Cc1cc(C(F)(F)F)cc(C2(O)CC2)c1. The normalized spacial score (nSPS) is 20.5. The Morgan fingerprint density at radius 1 is 1.29 bits per heavy atom. The van der Waals surface area contributed by atoms with E-state index >= 15 is 0 Å². The van der Waals surface area contributed by atoms with Crippen molar-refractivity contribution in [2.75, 3.05) is 18.0 Å². The fourth-order valence-corrected chi connectivity index (χ4v) is 3.92. The lowest BCUT2D eigenvalue weighted by atomic mass is 9.96. The predicted octanol–water partition coefficient (Wildman–Crippen LogP) is 2.09. The summed E-state index contributed by atoms with van der Waals surface area (Å²) >= 11 is 0. The van der Waals surface area contributed by atoms with E-state index in [0.29, 0.717) is 31.9 Å². The molecule has 1 atom stereocenters. The molecule has 7 nitrogen and oxygen atoms in total. The van der Waals surface area contributed by atoms with Gasteiger partial charge in [0.05, 0.1) is 22.4 Å². The number of anilines is 1. The fraction of sp³-hybridized carbons (Fsp3) is 0.476. The second kappa shape index (κ2) is 7.76. The summed E-state index contributed by atoms with van der Waals surface area (Å²) in [5.74, 6) is -0.395. The van der Waals surface area contributed by atoms with Crippen LogP contribution in [0.1, 0.15) is 58.4 Å². The topological polar surface area (TPSA) is 118 Å². The van der Waals surface area contributed by atoms with Crippen molar-refractivity contribution in [2.45, 2.75) is 49.9 Å². The number of hydrogen-bond acceptors (Lipinski definition) is 6. The molecule has 1 aromatic heterocycles. The van der Waals surface area contributed by atoms with Crippen LogP contribution in [-0.2, 0) is 18.2 Å². The first-order chi connectivity index (χ1) is 14.5. The molecule has 2 aliphatic rings. The van der Waals surface area contributed by atoms with Crippen LogP contribution in [0, 0.1) is 0 Å². The number of aromatic nitrogens is 2. The molecule has 4 rings (SSSR count). The molecule has 1 saturated carbocycles. The van der Waals surface area contributed by atoms with E-state index in [4.69, 9.17) is 11.5 Å². The molecule has 2 fully saturated rings. The quantitative estimate of drug-likeness (QED) is 0.662. The molecule has 0 radical (unpaired) electrons. The maximum Gasteiger partial charge on any atom is 0.416 e. The Morgan fingerprint density at radius 3 is 2.65 bits per heavy atom. The van der Waals surface area contributed by atoms with Gasteiger partial charge in [-0.2, -0.15) is 13.2 Å². The molecule has 2 aromatic rings. The van der Waals surface area contributed by atoms with Crippen molar-refractivity contribution in [3.05, 3.63) is 52.3 Å². The molecule has 31 heavy (non-hydrogen) atoms. The zero-order valence-corrected chi connectivity index (χ0v) is 16.8. The first kappa shape index (κ1) is 21.5. The van der Waals surface area contributed by atoms with Gasteiger partial charge in [0.1, 0.15) is 0 Å². The van der Waals surface area contributed by atoms with Gasteiger partial charge in [0, 0.05) is 31.7 Å². The monoisotopic (exact) mass is 435 g/mol. The lowest BCUT2D eigenvalue weighted by molar-refractivity contribution is -0.137. The summed E-state index contributed by atoms with van der Waals surface area (Å²) in [4.78, 5) is 22.5. The number of carbonyl (C=O) groups is 1. The van der Waals surface area contributed by atoms with Gasteiger partial charge in [0.15, 0.2) is 0 Å². The Balaban J connectivity index is 1.72. The van der Waals surface area contributed by atoms with Crippen LogP contribution in [0.2, 0.25) is 0 Å². The highest BCUT2D eigenvalue weighted by Crippen LogP contribution is 2.47. The second-order valence-electron chi connectivity index (χ2n) is 8.37. The number of alkyl halides is 3. The van der Waals surface area contributed by atoms with Crippen LogP contribution in [0.5, 0.6) is 0 Å². The standard InChI is InChI=1S/C21H24F3N5O2/c22-21(23,24)14-7-12(6-13(9-14)20(31)3-4-20)8-17-16(18(26)30)10-27-19(28-17)29-5-1-2-15(25)11-29/h6-7,9-10,15,31H,1-5,8,11,25H2,(H2,26,30)/t15-/m1/s1. The molecule has 10 heteroatoms.